The average Bonchev–Trinajstić information content (AvgIpc) is 3.60. The molecule has 2 atom stereocenters. The first kappa shape index (κ1) is 28.0. The number of halogens is 2. The Balaban J connectivity index is 1.48. The average molecular weight is 611 g/mol. The lowest BCUT2D eigenvalue weighted by atomic mass is 9.93. The van der Waals surface area contributed by atoms with Crippen LogP contribution in [0.25, 0.3) is 0 Å². The third-order valence-electron chi connectivity index (χ3n) is 6.97. The Morgan fingerprint density at radius 2 is 1.92 bits per heavy atom. The first-order valence-electron chi connectivity index (χ1n) is 12.3. The number of hydrogen-bond donors (Lipinski definition) is 0. The maximum Gasteiger partial charge on any atom is 0.269 e. The monoisotopic (exact) mass is 609 g/mol. The van der Waals surface area contributed by atoms with E-state index in [0.29, 0.717) is 41.6 Å². The van der Waals surface area contributed by atoms with Gasteiger partial charge in [0.2, 0.25) is 15.9 Å². The molecule has 3 aromatic rings. The van der Waals surface area contributed by atoms with E-state index in [1.165, 1.54) is 12.1 Å². The molecule has 206 valence electrons. The van der Waals surface area contributed by atoms with Crippen LogP contribution in [0.15, 0.2) is 58.8 Å². The van der Waals surface area contributed by atoms with Gasteiger partial charge in [0, 0.05) is 46.8 Å². The van der Waals surface area contributed by atoms with Gasteiger partial charge in [0.15, 0.2) is 0 Å². The smallest absolute Gasteiger partial charge is 0.269 e. The van der Waals surface area contributed by atoms with E-state index in [2.05, 4.69) is 0 Å². The van der Waals surface area contributed by atoms with Crippen molar-refractivity contribution in [3.8, 4) is 0 Å². The number of rotatable bonds is 8. The number of carbonyl (C=O) groups excluding carboxylic acids is 1. The Labute approximate surface area is 240 Å². The van der Waals surface area contributed by atoms with Crippen LogP contribution in [0.5, 0.6) is 0 Å². The number of sulfonamides is 1. The van der Waals surface area contributed by atoms with Crippen LogP contribution in [0.1, 0.15) is 34.9 Å². The molecule has 5 rings (SSSR count). The normalized spacial score (nSPS) is 19.3. The van der Waals surface area contributed by atoms with Gasteiger partial charge in [-0.05, 0) is 66.1 Å². The number of thiophene rings is 1. The highest BCUT2D eigenvalue weighted by molar-refractivity contribution is 7.89. The van der Waals surface area contributed by atoms with Crippen molar-refractivity contribution in [1.29, 1.82) is 0 Å². The van der Waals surface area contributed by atoms with Crippen LogP contribution in [-0.4, -0.2) is 60.8 Å². The summed E-state index contributed by atoms with van der Waals surface area (Å²) in [4.78, 5) is 27.1. The third kappa shape index (κ3) is 5.84. The summed E-state index contributed by atoms with van der Waals surface area (Å²) in [5, 5.41) is 13.9. The largest absolute Gasteiger partial charge is 0.377 e. The predicted molar refractivity (Wildman–Crippen MR) is 149 cm³/mol. The van der Waals surface area contributed by atoms with Crippen LogP contribution < -0.4 is 0 Å². The molecule has 2 aliphatic rings. The fourth-order valence-electron chi connectivity index (χ4n) is 5.04. The molecule has 0 bridgehead atoms. The summed E-state index contributed by atoms with van der Waals surface area (Å²) in [6, 6.07) is 11.3. The van der Waals surface area contributed by atoms with Crippen molar-refractivity contribution in [3.63, 3.8) is 0 Å². The lowest BCUT2D eigenvalue weighted by molar-refractivity contribution is -0.384. The molecule has 1 saturated heterocycles. The first-order valence-corrected chi connectivity index (χ1v) is 15.4. The zero-order chi connectivity index (χ0) is 27.7. The van der Waals surface area contributed by atoms with E-state index in [-0.39, 0.29) is 29.1 Å². The SMILES string of the molecule is O=C(CN(CC1CCCO1)S(=O)(=O)c1ccc([N+](=O)[O-])cc1)N1CCc2sccc2C1c1ccc(Cl)cc1Cl. The molecule has 3 heterocycles. The van der Waals surface area contributed by atoms with Gasteiger partial charge < -0.3 is 9.64 Å². The second-order valence-electron chi connectivity index (χ2n) is 9.39. The van der Waals surface area contributed by atoms with Gasteiger partial charge in [0.25, 0.3) is 5.69 Å². The summed E-state index contributed by atoms with van der Waals surface area (Å²) in [5.41, 5.74) is 1.43. The van der Waals surface area contributed by atoms with Crippen molar-refractivity contribution in [2.45, 2.75) is 36.3 Å². The van der Waals surface area contributed by atoms with Gasteiger partial charge in [0.1, 0.15) is 0 Å². The molecule has 1 amide bonds. The molecule has 2 aromatic carbocycles. The van der Waals surface area contributed by atoms with E-state index in [1.54, 1.807) is 34.4 Å². The molecule has 0 radical (unpaired) electrons. The van der Waals surface area contributed by atoms with E-state index >= 15 is 0 Å². The molecule has 39 heavy (non-hydrogen) atoms. The maximum atomic E-state index is 13.9. The van der Waals surface area contributed by atoms with Crippen LogP contribution in [0.4, 0.5) is 5.69 Å². The zero-order valence-electron chi connectivity index (χ0n) is 20.7. The van der Waals surface area contributed by atoms with Gasteiger partial charge in [-0.3, -0.25) is 14.9 Å². The summed E-state index contributed by atoms with van der Waals surface area (Å²) in [7, 11) is -4.17. The fourth-order valence-corrected chi connectivity index (χ4v) is 7.87. The lowest BCUT2D eigenvalue weighted by Crippen LogP contribution is -2.48. The third-order valence-corrected chi connectivity index (χ3v) is 10.4. The minimum absolute atomic E-state index is 0.00499. The molecule has 1 fully saturated rings. The second kappa shape index (κ2) is 11.5. The van der Waals surface area contributed by atoms with Gasteiger partial charge in [-0.2, -0.15) is 4.31 Å². The molecule has 0 aliphatic carbocycles. The number of benzene rings is 2. The second-order valence-corrected chi connectivity index (χ2v) is 13.2. The van der Waals surface area contributed by atoms with Gasteiger partial charge >= 0.3 is 0 Å². The van der Waals surface area contributed by atoms with Gasteiger partial charge in [-0.15, -0.1) is 11.3 Å². The van der Waals surface area contributed by atoms with Crippen molar-refractivity contribution < 1.29 is 22.9 Å². The Morgan fingerprint density at radius 3 is 2.59 bits per heavy atom. The molecule has 0 N–H and O–H groups in total. The van der Waals surface area contributed by atoms with Crippen LogP contribution >= 0.6 is 34.5 Å². The minimum Gasteiger partial charge on any atom is -0.377 e. The summed E-state index contributed by atoms with van der Waals surface area (Å²) in [6.07, 6.45) is 1.76. The summed E-state index contributed by atoms with van der Waals surface area (Å²) in [5.74, 6) is -0.383. The zero-order valence-corrected chi connectivity index (χ0v) is 23.8. The number of nitro benzene ring substituents is 1. The van der Waals surface area contributed by atoms with E-state index < -0.39 is 27.5 Å². The quantitative estimate of drug-likeness (QED) is 0.253. The number of fused-ring (bicyclic) bond motifs is 1. The molecule has 0 spiro atoms. The number of ether oxygens (including phenoxy) is 1. The van der Waals surface area contributed by atoms with Crippen LogP contribution in [0.2, 0.25) is 10.0 Å². The van der Waals surface area contributed by atoms with E-state index in [1.807, 2.05) is 11.4 Å². The van der Waals surface area contributed by atoms with Crippen LogP contribution in [0, 0.1) is 10.1 Å². The molecule has 0 saturated carbocycles. The topological polar surface area (TPSA) is 110 Å². The predicted octanol–water partition coefficient (Wildman–Crippen LogP) is 5.31. The van der Waals surface area contributed by atoms with E-state index in [4.69, 9.17) is 27.9 Å². The molecule has 1 aromatic heterocycles. The summed E-state index contributed by atoms with van der Waals surface area (Å²) < 4.78 is 34.2. The Kier molecular flexibility index (Phi) is 8.27. The Hall–Kier alpha value is -2.54. The highest BCUT2D eigenvalue weighted by Crippen LogP contribution is 2.41. The highest BCUT2D eigenvalue weighted by Gasteiger charge is 2.37. The van der Waals surface area contributed by atoms with Crippen molar-refractivity contribution in [3.05, 3.63) is 90.1 Å². The molecule has 13 heteroatoms. The van der Waals surface area contributed by atoms with Crippen molar-refractivity contribution in [2.75, 3.05) is 26.2 Å². The summed E-state index contributed by atoms with van der Waals surface area (Å²) >= 11 is 14.3. The number of carbonyl (C=O) groups is 1. The Morgan fingerprint density at radius 1 is 1.15 bits per heavy atom. The maximum absolute atomic E-state index is 13.9. The van der Waals surface area contributed by atoms with Gasteiger partial charge in [-0.1, -0.05) is 29.3 Å². The molecule has 9 nitrogen and oxygen atoms in total. The van der Waals surface area contributed by atoms with Crippen molar-refractivity contribution >= 4 is 56.2 Å². The highest BCUT2D eigenvalue weighted by atomic mass is 35.5. The first-order chi connectivity index (χ1) is 18.6. The summed E-state index contributed by atoms with van der Waals surface area (Å²) in [6.45, 7) is 0.491. The molecular weight excluding hydrogens is 585 g/mol. The Bertz CT molecular complexity index is 1490. The van der Waals surface area contributed by atoms with E-state index in [9.17, 15) is 23.3 Å². The number of hydrogen-bond acceptors (Lipinski definition) is 7. The number of nitro groups is 1. The van der Waals surface area contributed by atoms with E-state index in [0.717, 1.165) is 33.3 Å². The molecule has 2 unspecified atom stereocenters. The van der Waals surface area contributed by atoms with Crippen molar-refractivity contribution in [1.82, 2.24) is 9.21 Å². The molecular formula is C26H25Cl2N3O6S2. The number of non-ortho nitro benzene ring substituents is 1. The molecule has 2 aliphatic heterocycles. The number of nitrogens with zero attached hydrogens (tertiary/aromatic N) is 3. The van der Waals surface area contributed by atoms with Gasteiger partial charge in [0.05, 0.1) is 28.5 Å². The minimum atomic E-state index is -4.17. The van der Waals surface area contributed by atoms with Crippen molar-refractivity contribution in [2.24, 2.45) is 0 Å². The fraction of sp³-hybridized carbons (Fsp3) is 0.346. The number of amides is 1. The lowest BCUT2D eigenvalue weighted by Gasteiger charge is -2.38. The van der Waals surface area contributed by atoms with Crippen LogP contribution in [0.3, 0.4) is 0 Å². The van der Waals surface area contributed by atoms with Gasteiger partial charge in [-0.25, -0.2) is 8.42 Å². The standard InChI is InChI=1S/C26H25Cl2N3O6S2/c27-17-3-8-21(23(28)14-17)26-22-10-13-38-24(22)9-11-30(26)25(32)16-29(15-19-2-1-12-37-19)39(35,36)20-6-4-18(5-7-20)31(33)34/h3-8,10,13-14,19,26H,1-2,9,11-12,15-16H2. The van der Waals surface area contributed by atoms with Crippen LogP contribution in [-0.2, 0) is 26.0 Å².